The number of aryl methyl sites for hydroxylation is 1. The highest BCUT2D eigenvalue weighted by molar-refractivity contribution is 14.0. The van der Waals surface area contributed by atoms with Crippen molar-refractivity contribution in [3.05, 3.63) is 35.4 Å². The number of benzene rings is 1. The number of halogens is 1. The maximum atomic E-state index is 5.41. The van der Waals surface area contributed by atoms with E-state index >= 15 is 0 Å². The van der Waals surface area contributed by atoms with Crippen LogP contribution in [0.25, 0.3) is 0 Å². The van der Waals surface area contributed by atoms with Crippen molar-refractivity contribution in [3.63, 3.8) is 0 Å². The summed E-state index contributed by atoms with van der Waals surface area (Å²) in [5.41, 5.74) is 1.18. The van der Waals surface area contributed by atoms with Gasteiger partial charge in [0.25, 0.3) is 0 Å². The number of hydrogen-bond donors (Lipinski definition) is 2. The average molecular weight is 542 g/mol. The van der Waals surface area contributed by atoms with Gasteiger partial charge >= 0.3 is 0 Å². The van der Waals surface area contributed by atoms with Crippen LogP contribution in [0.2, 0.25) is 0 Å². The van der Waals surface area contributed by atoms with E-state index in [-0.39, 0.29) is 24.0 Å². The number of rotatable bonds is 8. The summed E-state index contributed by atoms with van der Waals surface area (Å²) in [6, 6.07) is 6.51. The van der Waals surface area contributed by atoms with Gasteiger partial charge in [0, 0.05) is 19.6 Å². The normalized spacial score (nSPS) is 14.6. The van der Waals surface area contributed by atoms with Crippen molar-refractivity contribution in [3.8, 4) is 11.5 Å². The molecule has 2 aromatic rings. The molecule has 1 fully saturated rings. The summed E-state index contributed by atoms with van der Waals surface area (Å²) in [7, 11) is 5.28. The van der Waals surface area contributed by atoms with Gasteiger partial charge in [0.15, 0.2) is 23.3 Å². The van der Waals surface area contributed by atoms with Crippen molar-refractivity contribution in [1.82, 2.24) is 25.4 Å². The van der Waals surface area contributed by atoms with Crippen LogP contribution in [0.15, 0.2) is 23.2 Å². The predicted octanol–water partition coefficient (Wildman–Crippen LogP) is 3.37. The maximum Gasteiger partial charge on any atom is 0.191 e. The largest absolute Gasteiger partial charge is 0.493 e. The fourth-order valence-electron chi connectivity index (χ4n) is 3.69. The highest BCUT2D eigenvalue weighted by Gasteiger charge is 2.15. The SMILES string of the molecule is COc1ccc(CCNC(=NCc2nnc(C)n2C)NC2CCCCC2)cc1OC.I. The summed E-state index contributed by atoms with van der Waals surface area (Å²) in [4.78, 5) is 4.78. The molecule has 1 aliphatic rings. The van der Waals surface area contributed by atoms with Crippen LogP contribution in [0.4, 0.5) is 0 Å². The van der Waals surface area contributed by atoms with Crippen LogP contribution in [-0.4, -0.2) is 47.5 Å². The monoisotopic (exact) mass is 542 g/mol. The van der Waals surface area contributed by atoms with Crippen molar-refractivity contribution in [2.75, 3.05) is 20.8 Å². The second-order valence-electron chi connectivity index (χ2n) is 7.73. The first-order valence-corrected chi connectivity index (χ1v) is 10.7. The third kappa shape index (κ3) is 7.26. The fraction of sp³-hybridized carbons (Fsp3) is 0.591. The van der Waals surface area contributed by atoms with E-state index in [9.17, 15) is 0 Å². The maximum absolute atomic E-state index is 5.41. The minimum absolute atomic E-state index is 0. The molecule has 31 heavy (non-hydrogen) atoms. The summed E-state index contributed by atoms with van der Waals surface area (Å²) in [5.74, 6) is 4.08. The lowest BCUT2D eigenvalue weighted by Gasteiger charge is -2.25. The third-order valence-corrected chi connectivity index (χ3v) is 5.66. The zero-order valence-corrected chi connectivity index (χ0v) is 21.3. The van der Waals surface area contributed by atoms with Crippen LogP contribution in [0.3, 0.4) is 0 Å². The molecule has 9 heteroatoms. The topological polar surface area (TPSA) is 85.6 Å². The van der Waals surface area contributed by atoms with E-state index in [1.165, 1.54) is 37.7 Å². The van der Waals surface area contributed by atoms with Gasteiger partial charge in [0.2, 0.25) is 0 Å². The Balaban J connectivity index is 0.00000341. The molecule has 1 aromatic heterocycles. The van der Waals surface area contributed by atoms with Crippen molar-refractivity contribution < 1.29 is 9.47 Å². The van der Waals surface area contributed by atoms with Crippen molar-refractivity contribution in [2.24, 2.45) is 12.0 Å². The first kappa shape index (κ1) is 25.2. The second-order valence-corrected chi connectivity index (χ2v) is 7.73. The number of guanidine groups is 1. The van der Waals surface area contributed by atoms with Gasteiger partial charge < -0.3 is 24.7 Å². The standard InChI is InChI=1S/C22H34N6O2.HI/c1-16-26-27-21(28(16)2)15-24-22(25-18-8-6-5-7-9-18)23-13-12-17-10-11-19(29-3)20(14-17)30-4;/h10-11,14,18H,5-9,12-13,15H2,1-4H3,(H2,23,24,25);1H. The Morgan fingerprint density at radius 1 is 1.13 bits per heavy atom. The lowest BCUT2D eigenvalue weighted by molar-refractivity contribution is 0.354. The zero-order valence-electron chi connectivity index (χ0n) is 19.0. The van der Waals surface area contributed by atoms with Crippen LogP contribution >= 0.6 is 24.0 Å². The smallest absolute Gasteiger partial charge is 0.191 e. The Morgan fingerprint density at radius 2 is 1.87 bits per heavy atom. The quantitative estimate of drug-likeness (QED) is 0.303. The van der Waals surface area contributed by atoms with E-state index in [4.69, 9.17) is 14.5 Å². The summed E-state index contributed by atoms with van der Waals surface area (Å²) in [6.45, 7) is 3.21. The average Bonchev–Trinajstić information content (AvgIpc) is 3.10. The molecule has 1 heterocycles. The van der Waals surface area contributed by atoms with Gasteiger partial charge in [0.05, 0.1) is 14.2 Å². The van der Waals surface area contributed by atoms with E-state index in [1.807, 2.05) is 30.7 Å². The fourth-order valence-corrected chi connectivity index (χ4v) is 3.69. The number of ether oxygens (including phenoxy) is 2. The van der Waals surface area contributed by atoms with E-state index in [2.05, 4.69) is 26.9 Å². The molecule has 8 nitrogen and oxygen atoms in total. The van der Waals surface area contributed by atoms with Crippen LogP contribution in [-0.2, 0) is 20.0 Å². The molecular weight excluding hydrogens is 507 g/mol. The molecule has 0 saturated heterocycles. The van der Waals surface area contributed by atoms with E-state index < -0.39 is 0 Å². The number of methoxy groups -OCH3 is 2. The van der Waals surface area contributed by atoms with Crippen LogP contribution < -0.4 is 20.1 Å². The lowest BCUT2D eigenvalue weighted by atomic mass is 9.96. The molecule has 0 atom stereocenters. The Bertz CT molecular complexity index is 849. The Morgan fingerprint density at radius 3 is 2.52 bits per heavy atom. The second kappa shape index (κ2) is 12.7. The number of hydrogen-bond acceptors (Lipinski definition) is 5. The Kier molecular flexibility index (Phi) is 10.4. The highest BCUT2D eigenvalue weighted by atomic mass is 127. The molecule has 0 unspecified atom stereocenters. The minimum atomic E-state index is 0. The molecule has 3 rings (SSSR count). The van der Waals surface area contributed by atoms with Crippen molar-refractivity contribution in [2.45, 2.75) is 58.0 Å². The van der Waals surface area contributed by atoms with Crippen molar-refractivity contribution >= 4 is 29.9 Å². The summed E-state index contributed by atoms with van der Waals surface area (Å²) < 4.78 is 12.7. The highest BCUT2D eigenvalue weighted by Crippen LogP contribution is 2.27. The predicted molar refractivity (Wildman–Crippen MR) is 134 cm³/mol. The van der Waals surface area contributed by atoms with Gasteiger partial charge in [-0.25, -0.2) is 4.99 Å². The summed E-state index contributed by atoms with van der Waals surface area (Å²) in [5, 5.41) is 15.4. The molecule has 1 saturated carbocycles. The number of aliphatic imine (C=N–C) groups is 1. The van der Waals surface area contributed by atoms with Crippen LogP contribution in [0, 0.1) is 6.92 Å². The van der Waals surface area contributed by atoms with Gasteiger partial charge in [-0.1, -0.05) is 25.3 Å². The van der Waals surface area contributed by atoms with Gasteiger partial charge in [-0.3, -0.25) is 0 Å². The lowest BCUT2D eigenvalue weighted by Crippen LogP contribution is -2.44. The molecule has 172 valence electrons. The Hall–Kier alpha value is -2.04. The molecular formula is C22H35IN6O2. The number of aromatic nitrogens is 3. The molecule has 1 aliphatic carbocycles. The van der Waals surface area contributed by atoms with E-state index in [0.29, 0.717) is 12.6 Å². The van der Waals surface area contributed by atoms with E-state index in [0.717, 1.165) is 42.1 Å². The van der Waals surface area contributed by atoms with Gasteiger partial charge in [-0.2, -0.15) is 0 Å². The molecule has 2 N–H and O–H groups in total. The number of nitrogens with one attached hydrogen (secondary N) is 2. The van der Waals surface area contributed by atoms with Crippen LogP contribution in [0.1, 0.15) is 49.3 Å². The summed E-state index contributed by atoms with van der Waals surface area (Å²) in [6.07, 6.45) is 7.13. The van der Waals surface area contributed by atoms with Crippen LogP contribution in [0.5, 0.6) is 11.5 Å². The van der Waals surface area contributed by atoms with Gasteiger partial charge in [0.1, 0.15) is 12.4 Å². The summed E-state index contributed by atoms with van der Waals surface area (Å²) >= 11 is 0. The molecule has 0 radical (unpaired) electrons. The first-order valence-electron chi connectivity index (χ1n) is 10.7. The first-order chi connectivity index (χ1) is 14.6. The molecule has 0 aliphatic heterocycles. The minimum Gasteiger partial charge on any atom is -0.493 e. The Labute approximate surface area is 202 Å². The zero-order chi connectivity index (χ0) is 21.3. The number of nitrogens with zero attached hydrogens (tertiary/aromatic N) is 4. The third-order valence-electron chi connectivity index (χ3n) is 5.66. The molecule has 1 aromatic carbocycles. The van der Waals surface area contributed by atoms with E-state index in [1.54, 1.807) is 14.2 Å². The van der Waals surface area contributed by atoms with Gasteiger partial charge in [-0.15, -0.1) is 34.2 Å². The molecule has 0 amide bonds. The van der Waals surface area contributed by atoms with Gasteiger partial charge in [-0.05, 0) is 43.9 Å². The molecule has 0 spiro atoms. The van der Waals surface area contributed by atoms with Crippen molar-refractivity contribution in [1.29, 1.82) is 0 Å². The molecule has 0 bridgehead atoms.